The first kappa shape index (κ1) is 17.0. The Morgan fingerprint density at radius 2 is 1.95 bits per heavy atom. The van der Waals surface area contributed by atoms with Crippen molar-refractivity contribution in [1.82, 2.24) is 4.72 Å². The zero-order chi connectivity index (χ0) is 14.5. The van der Waals surface area contributed by atoms with Gasteiger partial charge in [-0.05, 0) is 24.1 Å². The summed E-state index contributed by atoms with van der Waals surface area (Å²) in [7, 11) is -3.49. The summed E-state index contributed by atoms with van der Waals surface area (Å²) in [5.41, 5.74) is 0. The van der Waals surface area contributed by atoms with Gasteiger partial charge in [0.15, 0.2) is 0 Å². The topological polar surface area (TPSA) is 46.2 Å². The monoisotopic (exact) mass is 367 g/mol. The lowest BCUT2D eigenvalue weighted by Crippen LogP contribution is -2.33. The summed E-state index contributed by atoms with van der Waals surface area (Å²) in [4.78, 5) is 0.246. The van der Waals surface area contributed by atoms with Gasteiger partial charge in [-0.1, -0.05) is 48.7 Å². The van der Waals surface area contributed by atoms with E-state index in [1.165, 1.54) is 0 Å². The quantitative estimate of drug-likeness (QED) is 0.745. The summed E-state index contributed by atoms with van der Waals surface area (Å²) >= 11 is 9.50. The van der Waals surface area contributed by atoms with Gasteiger partial charge in [0.1, 0.15) is 0 Å². The Bertz CT molecular complexity index is 503. The van der Waals surface area contributed by atoms with E-state index in [0.29, 0.717) is 5.92 Å². The van der Waals surface area contributed by atoms with E-state index in [2.05, 4.69) is 34.5 Å². The van der Waals surface area contributed by atoms with E-state index in [1.54, 1.807) is 24.3 Å². The van der Waals surface area contributed by atoms with Crippen molar-refractivity contribution in [2.24, 2.45) is 5.92 Å². The minimum atomic E-state index is -3.49. The highest BCUT2D eigenvalue weighted by atomic mass is 79.9. The minimum absolute atomic E-state index is 0.183. The fourth-order valence-corrected chi connectivity index (χ4v) is 4.05. The molecule has 0 amide bonds. The summed E-state index contributed by atoms with van der Waals surface area (Å²) in [6.45, 7) is 4.38. The molecule has 0 aromatic heterocycles. The molecule has 1 N–H and O–H groups in total. The first-order chi connectivity index (χ1) is 8.90. The Labute approximate surface area is 128 Å². The summed E-state index contributed by atoms with van der Waals surface area (Å²) in [6, 6.07) is 6.61. The third-order valence-corrected chi connectivity index (χ3v) is 5.56. The first-order valence-corrected chi connectivity index (χ1v) is 9.01. The molecular formula is C13H19BrClNO2S. The minimum Gasteiger partial charge on any atom is -0.210 e. The van der Waals surface area contributed by atoms with Crippen molar-refractivity contribution in [3.8, 4) is 0 Å². The van der Waals surface area contributed by atoms with Crippen LogP contribution in [-0.4, -0.2) is 20.3 Å². The molecule has 0 spiro atoms. The maximum atomic E-state index is 12.1. The molecule has 1 aromatic rings. The van der Waals surface area contributed by atoms with Crippen LogP contribution in [0.5, 0.6) is 0 Å². The highest BCUT2D eigenvalue weighted by Gasteiger charge is 2.20. The van der Waals surface area contributed by atoms with Gasteiger partial charge in [-0.2, -0.15) is 0 Å². The Hall–Kier alpha value is -0.100. The van der Waals surface area contributed by atoms with Crippen LogP contribution < -0.4 is 4.72 Å². The Kier molecular flexibility index (Phi) is 6.80. The van der Waals surface area contributed by atoms with E-state index in [0.717, 1.165) is 17.3 Å². The van der Waals surface area contributed by atoms with Crippen molar-refractivity contribution < 1.29 is 8.42 Å². The number of rotatable bonds is 7. The smallest absolute Gasteiger partial charge is 0.210 e. The number of sulfonamides is 1. The maximum Gasteiger partial charge on any atom is 0.240 e. The molecular weight excluding hydrogens is 350 g/mol. The molecule has 0 saturated heterocycles. The molecule has 0 aliphatic carbocycles. The molecule has 108 valence electrons. The Morgan fingerprint density at radius 1 is 1.32 bits per heavy atom. The van der Waals surface area contributed by atoms with Crippen LogP contribution in [0, 0.1) is 5.92 Å². The maximum absolute atomic E-state index is 12.1. The molecule has 0 aliphatic heterocycles. The zero-order valence-corrected chi connectivity index (χ0v) is 14.2. The van der Waals surface area contributed by atoms with Crippen LogP contribution in [0.3, 0.4) is 0 Å². The molecule has 1 unspecified atom stereocenters. The predicted molar refractivity (Wildman–Crippen MR) is 83.0 cm³/mol. The molecule has 0 bridgehead atoms. The lowest BCUT2D eigenvalue weighted by atomic mass is 9.99. The number of nitrogens with one attached hydrogen (secondary N) is 1. The van der Waals surface area contributed by atoms with Gasteiger partial charge in [-0.15, -0.1) is 11.6 Å². The van der Waals surface area contributed by atoms with Crippen molar-refractivity contribution in [3.05, 3.63) is 28.7 Å². The third kappa shape index (κ3) is 5.06. The highest BCUT2D eigenvalue weighted by molar-refractivity contribution is 9.10. The fourth-order valence-electron chi connectivity index (χ4n) is 1.87. The summed E-state index contributed by atoms with van der Waals surface area (Å²) in [5.74, 6) is 0.326. The molecule has 0 radical (unpaired) electrons. The van der Waals surface area contributed by atoms with Crippen molar-refractivity contribution in [2.45, 2.75) is 37.0 Å². The van der Waals surface area contributed by atoms with Crippen molar-refractivity contribution >= 4 is 37.6 Å². The van der Waals surface area contributed by atoms with Crippen LogP contribution in [0.15, 0.2) is 33.6 Å². The highest BCUT2D eigenvalue weighted by Crippen LogP contribution is 2.19. The van der Waals surface area contributed by atoms with Crippen LogP contribution in [0.1, 0.15) is 26.7 Å². The lowest BCUT2D eigenvalue weighted by Gasteiger charge is -2.19. The molecule has 3 nitrogen and oxygen atoms in total. The average molecular weight is 369 g/mol. The molecule has 0 fully saturated rings. The average Bonchev–Trinajstić information content (AvgIpc) is 2.38. The molecule has 1 rings (SSSR count). The second-order valence-corrected chi connectivity index (χ2v) is 7.65. The number of alkyl halides is 1. The number of halogens is 2. The molecule has 0 aliphatic rings. The lowest BCUT2D eigenvalue weighted by molar-refractivity contribution is 0.460. The standard InChI is InChI=1S/C13H19BrClNO2S/c1-3-10(4-2)13(15)9-16-19(17,18)12-7-5-6-11(14)8-12/h5-8,10,13,16H,3-4,9H2,1-2H3. The van der Waals surface area contributed by atoms with Crippen LogP contribution in [0.25, 0.3) is 0 Å². The molecule has 1 atom stereocenters. The number of hydrogen-bond acceptors (Lipinski definition) is 2. The summed E-state index contributed by atoms with van der Waals surface area (Å²) < 4.78 is 27.5. The van der Waals surface area contributed by atoms with Crippen molar-refractivity contribution in [2.75, 3.05) is 6.54 Å². The number of benzene rings is 1. The van der Waals surface area contributed by atoms with E-state index in [9.17, 15) is 8.42 Å². The molecule has 19 heavy (non-hydrogen) atoms. The normalized spacial score (nSPS) is 13.7. The van der Waals surface area contributed by atoms with Gasteiger partial charge in [0.25, 0.3) is 0 Å². The van der Waals surface area contributed by atoms with Gasteiger partial charge < -0.3 is 0 Å². The summed E-state index contributed by atoms with van der Waals surface area (Å²) in [6.07, 6.45) is 1.90. The molecule has 0 heterocycles. The second-order valence-electron chi connectivity index (χ2n) is 4.40. The van der Waals surface area contributed by atoms with Gasteiger partial charge in [0.2, 0.25) is 10.0 Å². The van der Waals surface area contributed by atoms with Crippen molar-refractivity contribution in [3.63, 3.8) is 0 Å². The molecule has 1 aromatic carbocycles. The van der Waals surface area contributed by atoms with E-state index < -0.39 is 10.0 Å². The van der Waals surface area contributed by atoms with Gasteiger partial charge >= 0.3 is 0 Å². The second kappa shape index (κ2) is 7.62. The van der Waals surface area contributed by atoms with Crippen LogP contribution >= 0.6 is 27.5 Å². The first-order valence-electron chi connectivity index (χ1n) is 6.30. The van der Waals surface area contributed by atoms with Gasteiger partial charge in [0, 0.05) is 16.4 Å². The van der Waals surface area contributed by atoms with Gasteiger partial charge in [-0.3, -0.25) is 0 Å². The van der Waals surface area contributed by atoms with E-state index >= 15 is 0 Å². The van der Waals surface area contributed by atoms with E-state index in [4.69, 9.17) is 11.6 Å². The van der Waals surface area contributed by atoms with Crippen LogP contribution in [-0.2, 0) is 10.0 Å². The SMILES string of the molecule is CCC(CC)C(Cl)CNS(=O)(=O)c1cccc(Br)c1. The Morgan fingerprint density at radius 3 is 2.47 bits per heavy atom. The molecule has 0 saturated carbocycles. The molecule has 6 heteroatoms. The van der Waals surface area contributed by atoms with Gasteiger partial charge in [-0.25, -0.2) is 13.1 Å². The van der Waals surface area contributed by atoms with Crippen LogP contribution in [0.4, 0.5) is 0 Å². The number of hydrogen-bond donors (Lipinski definition) is 1. The summed E-state index contributed by atoms with van der Waals surface area (Å²) in [5, 5.41) is -0.183. The third-order valence-electron chi connectivity index (χ3n) is 3.14. The van der Waals surface area contributed by atoms with E-state index in [-0.39, 0.29) is 16.8 Å². The zero-order valence-electron chi connectivity index (χ0n) is 11.1. The fraction of sp³-hybridized carbons (Fsp3) is 0.538. The van der Waals surface area contributed by atoms with Gasteiger partial charge in [0.05, 0.1) is 4.90 Å². The van der Waals surface area contributed by atoms with Crippen LogP contribution in [0.2, 0.25) is 0 Å². The van der Waals surface area contributed by atoms with Crippen molar-refractivity contribution in [1.29, 1.82) is 0 Å². The van der Waals surface area contributed by atoms with E-state index in [1.807, 2.05) is 0 Å². The Balaban J connectivity index is 2.71. The predicted octanol–water partition coefficient (Wildman–Crippen LogP) is 3.77. The largest absolute Gasteiger partial charge is 0.240 e.